The predicted octanol–water partition coefficient (Wildman–Crippen LogP) is 3.02. The van der Waals surface area contributed by atoms with Crippen molar-refractivity contribution in [1.29, 1.82) is 0 Å². The number of aromatic nitrogens is 1. The third-order valence-corrected chi connectivity index (χ3v) is 5.55. The van der Waals surface area contributed by atoms with Gasteiger partial charge in [-0.1, -0.05) is 6.42 Å². The van der Waals surface area contributed by atoms with E-state index in [1.165, 1.54) is 37.1 Å². The topological polar surface area (TPSA) is 40.5 Å². The molecular formula is C14H23IN4S. The standard InChI is InChI=1S/C14H22N4S.HI/c1-11-12(19-10-17-11)8-16-13(15-2)18-7-6-14(9-18)4-3-5-14;/h10H,3-9H2,1-2H3,(H,15,16);1H. The van der Waals surface area contributed by atoms with E-state index in [0.29, 0.717) is 5.41 Å². The van der Waals surface area contributed by atoms with Crippen molar-refractivity contribution in [2.45, 2.75) is 39.2 Å². The highest BCUT2D eigenvalue weighted by atomic mass is 127. The summed E-state index contributed by atoms with van der Waals surface area (Å²) in [5, 5.41) is 3.49. The average molecular weight is 406 g/mol. The van der Waals surface area contributed by atoms with Gasteiger partial charge in [-0.2, -0.15) is 0 Å². The van der Waals surface area contributed by atoms with Gasteiger partial charge >= 0.3 is 0 Å². The van der Waals surface area contributed by atoms with E-state index >= 15 is 0 Å². The van der Waals surface area contributed by atoms with E-state index in [4.69, 9.17) is 0 Å². The van der Waals surface area contributed by atoms with Crippen molar-refractivity contribution in [3.63, 3.8) is 0 Å². The van der Waals surface area contributed by atoms with E-state index in [0.717, 1.165) is 24.7 Å². The van der Waals surface area contributed by atoms with Gasteiger partial charge < -0.3 is 10.2 Å². The van der Waals surface area contributed by atoms with Gasteiger partial charge in [0.25, 0.3) is 0 Å². The Morgan fingerprint density at radius 2 is 2.30 bits per heavy atom. The van der Waals surface area contributed by atoms with Crippen LogP contribution in [0.15, 0.2) is 10.5 Å². The molecule has 1 saturated carbocycles. The van der Waals surface area contributed by atoms with Crippen LogP contribution in [-0.4, -0.2) is 36.0 Å². The zero-order valence-electron chi connectivity index (χ0n) is 12.2. The molecule has 1 aromatic heterocycles. The van der Waals surface area contributed by atoms with E-state index < -0.39 is 0 Å². The van der Waals surface area contributed by atoms with Crippen LogP contribution in [0.2, 0.25) is 0 Å². The lowest BCUT2D eigenvalue weighted by atomic mass is 9.68. The van der Waals surface area contributed by atoms with Crippen molar-refractivity contribution in [1.82, 2.24) is 15.2 Å². The van der Waals surface area contributed by atoms with Gasteiger partial charge in [-0.3, -0.25) is 4.99 Å². The van der Waals surface area contributed by atoms with Gasteiger partial charge in [0, 0.05) is 25.0 Å². The Labute approximate surface area is 142 Å². The third-order valence-electron chi connectivity index (χ3n) is 4.62. The quantitative estimate of drug-likeness (QED) is 0.467. The van der Waals surface area contributed by atoms with E-state index in [9.17, 15) is 0 Å². The number of rotatable bonds is 2. The van der Waals surface area contributed by atoms with Crippen LogP contribution in [-0.2, 0) is 6.54 Å². The molecule has 4 nitrogen and oxygen atoms in total. The molecule has 1 N–H and O–H groups in total. The first kappa shape index (κ1) is 16.0. The van der Waals surface area contributed by atoms with Crippen molar-refractivity contribution in [2.75, 3.05) is 20.1 Å². The Hall–Kier alpha value is -0.370. The number of likely N-dealkylation sites (tertiary alicyclic amines) is 1. The lowest BCUT2D eigenvalue weighted by Crippen LogP contribution is -2.42. The molecule has 2 aliphatic rings. The van der Waals surface area contributed by atoms with Gasteiger partial charge in [-0.25, -0.2) is 4.98 Å². The molecule has 0 unspecified atom stereocenters. The largest absolute Gasteiger partial charge is 0.351 e. The normalized spacial score (nSPS) is 20.7. The Balaban J connectivity index is 0.00000147. The highest BCUT2D eigenvalue weighted by molar-refractivity contribution is 14.0. The summed E-state index contributed by atoms with van der Waals surface area (Å²) in [6.07, 6.45) is 5.58. The molecule has 112 valence electrons. The average Bonchev–Trinajstić information content (AvgIpc) is 2.97. The molecule has 0 atom stereocenters. The van der Waals surface area contributed by atoms with Crippen molar-refractivity contribution in [2.24, 2.45) is 10.4 Å². The van der Waals surface area contributed by atoms with Crippen LogP contribution in [0.4, 0.5) is 0 Å². The number of halogens is 1. The van der Waals surface area contributed by atoms with E-state index in [1.54, 1.807) is 11.3 Å². The van der Waals surface area contributed by atoms with Gasteiger partial charge in [-0.15, -0.1) is 35.3 Å². The van der Waals surface area contributed by atoms with Gasteiger partial charge in [-0.05, 0) is 31.6 Å². The molecule has 1 aliphatic carbocycles. The Morgan fingerprint density at radius 1 is 1.50 bits per heavy atom. The Morgan fingerprint density at radius 3 is 2.80 bits per heavy atom. The first-order chi connectivity index (χ1) is 9.22. The van der Waals surface area contributed by atoms with Crippen LogP contribution in [0.1, 0.15) is 36.3 Å². The maximum absolute atomic E-state index is 4.44. The van der Waals surface area contributed by atoms with Crippen LogP contribution in [0.3, 0.4) is 0 Å². The number of nitrogens with zero attached hydrogens (tertiary/aromatic N) is 3. The van der Waals surface area contributed by atoms with Crippen LogP contribution >= 0.6 is 35.3 Å². The minimum absolute atomic E-state index is 0. The van der Waals surface area contributed by atoms with Crippen molar-refractivity contribution in [3.8, 4) is 0 Å². The smallest absolute Gasteiger partial charge is 0.193 e. The van der Waals surface area contributed by atoms with Crippen molar-refractivity contribution in [3.05, 3.63) is 16.1 Å². The van der Waals surface area contributed by atoms with Crippen molar-refractivity contribution >= 4 is 41.3 Å². The first-order valence-electron chi connectivity index (χ1n) is 7.07. The summed E-state index contributed by atoms with van der Waals surface area (Å²) in [4.78, 5) is 12.5. The van der Waals surface area contributed by atoms with Gasteiger partial charge in [0.2, 0.25) is 0 Å². The highest BCUT2D eigenvalue weighted by Gasteiger charge is 2.43. The molecule has 6 heteroatoms. The summed E-state index contributed by atoms with van der Waals surface area (Å²) in [7, 11) is 1.88. The summed E-state index contributed by atoms with van der Waals surface area (Å²) >= 11 is 1.71. The fraction of sp³-hybridized carbons (Fsp3) is 0.714. The predicted molar refractivity (Wildman–Crippen MR) is 94.9 cm³/mol. The molecule has 0 bridgehead atoms. The number of hydrogen-bond acceptors (Lipinski definition) is 3. The number of guanidine groups is 1. The maximum atomic E-state index is 4.44. The molecule has 1 spiro atoms. The zero-order valence-corrected chi connectivity index (χ0v) is 15.3. The lowest BCUT2D eigenvalue weighted by molar-refractivity contribution is 0.151. The lowest BCUT2D eigenvalue weighted by Gasteiger charge is -2.38. The molecular weight excluding hydrogens is 383 g/mol. The minimum Gasteiger partial charge on any atom is -0.351 e. The van der Waals surface area contributed by atoms with Crippen LogP contribution < -0.4 is 5.32 Å². The molecule has 1 aromatic rings. The molecule has 0 aromatic carbocycles. The minimum atomic E-state index is 0. The zero-order chi connectivity index (χ0) is 13.3. The Kier molecular flexibility index (Phi) is 5.28. The highest BCUT2D eigenvalue weighted by Crippen LogP contribution is 2.47. The second-order valence-electron chi connectivity index (χ2n) is 5.79. The van der Waals surface area contributed by atoms with Gasteiger partial charge in [0.1, 0.15) is 0 Å². The number of aliphatic imine (C=N–C) groups is 1. The summed E-state index contributed by atoms with van der Waals surface area (Å²) < 4.78 is 0. The van der Waals surface area contributed by atoms with E-state index in [-0.39, 0.29) is 24.0 Å². The fourth-order valence-corrected chi connectivity index (χ4v) is 3.91. The van der Waals surface area contributed by atoms with E-state index in [1.807, 2.05) is 12.6 Å². The molecule has 0 amide bonds. The number of thiazole rings is 1. The monoisotopic (exact) mass is 406 g/mol. The molecule has 1 saturated heterocycles. The number of aryl methyl sites for hydroxylation is 1. The Bertz CT molecular complexity index is 481. The molecule has 0 radical (unpaired) electrons. The summed E-state index contributed by atoms with van der Waals surface area (Å²) in [5.41, 5.74) is 3.66. The van der Waals surface area contributed by atoms with Gasteiger partial charge in [0.15, 0.2) is 5.96 Å². The second-order valence-corrected chi connectivity index (χ2v) is 6.73. The van der Waals surface area contributed by atoms with Crippen LogP contribution in [0.25, 0.3) is 0 Å². The maximum Gasteiger partial charge on any atom is 0.193 e. The molecule has 2 heterocycles. The SMILES string of the molecule is CN=C(NCc1scnc1C)N1CCC2(CCC2)C1.I. The van der Waals surface area contributed by atoms with Crippen LogP contribution in [0, 0.1) is 12.3 Å². The molecule has 2 fully saturated rings. The summed E-state index contributed by atoms with van der Waals surface area (Å²) in [6.45, 7) is 5.25. The second kappa shape index (κ2) is 6.60. The van der Waals surface area contributed by atoms with Crippen molar-refractivity contribution < 1.29 is 0 Å². The fourth-order valence-electron chi connectivity index (χ4n) is 3.19. The molecule has 20 heavy (non-hydrogen) atoms. The summed E-state index contributed by atoms with van der Waals surface area (Å²) in [5.74, 6) is 1.05. The van der Waals surface area contributed by atoms with Crippen LogP contribution in [0.5, 0.6) is 0 Å². The first-order valence-corrected chi connectivity index (χ1v) is 7.95. The molecule has 1 aliphatic heterocycles. The summed E-state index contributed by atoms with van der Waals surface area (Å²) in [6, 6.07) is 0. The third kappa shape index (κ3) is 3.10. The number of nitrogens with one attached hydrogen (secondary N) is 1. The molecule has 3 rings (SSSR count). The van der Waals surface area contributed by atoms with E-state index in [2.05, 4.69) is 27.1 Å². The van der Waals surface area contributed by atoms with Gasteiger partial charge in [0.05, 0.1) is 17.7 Å². The number of hydrogen-bond donors (Lipinski definition) is 1.